The molecule has 1 rings (SSSR count). The maximum Gasteiger partial charge on any atom is 0.235 e. The largest absolute Gasteiger partial charge is 0.293 e. The van der Waals surface area contributed by atoms with E-state index < -0.39 is 0 Å². The number of anilines is 1. The Bertz CT molecular complexity index is 227. The molecule has 3 N–H and O–H groups in total. The van der Waals surface area contributed by atoms with Gasteiger partial charge in [0, 0.05) is 0 Å². The van der Waals surface area contributed by atoms with Crippen LogP contribution in [0, 0.1) is 0 Å². The normalized spacial score (nSPS) is 10.7. The summed E-state index contributed by atoms with van der Waals surface area (Å²) in [5.41, 5.74) is 2.51. The number of nitrogens with one attached hydrogen (secondary N) is 1. The molecule has 0 unspecified atom stereocenters. The Balaban J connectivity index is 2.83. The van der Waals surface area contributed by atoms with Crippen LogP contribution >= 0.6 is 0 Å². The Hall–Kier alpha value is -1.10. The van der Waals surface area contributed by atoms with E-state index in [9.17, 15) is 0 Å². The van der Waals surface area contributed by atoms with Crippen LogP contribution in [0.4, 0.5) is 5.95 Å². The van der Waals surface area contributed by atoms with Gasteiger partial charge in [0.2, 0.25) is 5.95 Å². The van der Waals surface area contributed by atoms with Gasteiger partial charge in [0.05, 0.1) is 6.04 Å². The van der Waals surface area contributed by atoms with E-state index in [2.05, 4.69) is 29.4 Å². The van der Waals surface area contributed by atoms with Crippen molar-refractivity contribution in [3.05, 3.63) is 6.33 Å². The molecule has 0 saturated heterocycles. The van der Waals surface area contributed by atoms with Crippen molar-refractivity contribution in [1.82, 2.24) is 14.8 Å². The fourth-order valence-corrected chi connectivity index (χ4v) is 1.26. The summed E-state index contributed by atoms with van der Waals surface area (Å²) in [4.78, 5) is 3.97. The molecule has 0 aliphatic carbocycles. The SMILES string of the molecule is CCC(CC)n1ncnc1NN. The van der Waals surface area contributed by atoms with Gasteiger partial charge in [-0.2, -0.15) is 10.1 Å². The first-order chi connectivity index (χ1) is 5.83. The van der Waals surface area contributed by atoms with Gasteiger partial charge in [0.1, 0.15) is 6.33 Å². The Morgan fingerprint density at radius 1 is 1.58 bits per heavy atom. The second-order valence-corrected chi connectivity index (χ2v) is 2.64. The highest BCUT2D eigenvalue weighted by atomic mass is 15.4. The highest BCUT2D eigenvalue weighted by molar-refractivity contribution is 5.20. The smallest absolute Gasteiger partial charge is 0.235 e. The molecule has 5 nitrogen and oxygen atoms in total. The predicted octanol–water partition coefficient (Wildman–Crippen LogP) is 0.925. The molecule has 12 heavy (non-hydrogen) atoms. The van der Waals surface area contributed by atoms with E-state index in [1.54, 1.807) is 0 Å². The fourth-order valence-electron chi connectivity index (χ4n) is 1.26. The van der Waals surface area contributed by atoms with Crippen molar-refractivity contribution in [1.29, 1.82) is 0 Å². The zero-order valence-corrected chi connectivity index (χ0v) is 7.49. The van der Waals surface area contributed by atoms with Crippen LogP contribution in [0.2, 0.25) is 0 Å². The lowest BCUT2D eigenvalue weighted by atomic mass is 10.2. The van der Waals surface area contributed by atoms with Crippen molar-refractivity contribution in [3.8, 4) is 0 Å². The van der Waals surface area contributed by atoms with Crippen molar-refractivity contribution in [2.24, 2.45) is 5.84 Å². The summed E-state index contributed by atoms with van der Waals surface area (Å²) in [5, 5.41) is 4.09. The Morgan fingerprint density at radius 3 is 2.75 bits per heavy atom. The summed E-state index contributed by atoms with van der Waals surface area (Å²) < 4.78 is 1.82. The molecule has 1 heterocycles. The van der Waals surface area contributed by atoms with Gasteiger partial charge < -0.3 is 0 Å². The zero-order chi connectivity index (χ0) is 8.97. The molecule has 0 aliphatic heterocycles. The van der Waals surface area contributed by atoms with Crippen molar-refractivity contribution < 1.29 is 0 Å². The highest BCUT2D eigenvalue weighted by Gasteiger charge is 2.10. The lowest BCUT2D eigenvalue weighted by Gasteiger charge is -2.14. The molecule has 68 valence electrons. The maximum absolute atomic E-state index is 5.27. The first-order valence-corrected chi connectivity index (χ1v) is 4.19. The van der Waals surface area contributed by atoms with Gasteiger partial charge in [0.15, 0.2) is 0 Å². The van der Waals surface area contributed by atoms with Crippen LogP contribution in [0.15, 0.2) is 6.33 Å². The minimum absolute atomic E-state index is 0.388. The second-order valence-electron chi connectivity index (χ2n) is 2.64. The number of hydrazine groups is 1. The number of nitrogens with two attached hydrogens (primary N) is 1. The molecule has 0 amide bonds. The maximum atomic E-state index is 5.27. The van der Waals surface area contributed by atoms with Crippen molar-refractivity contribution in [3.63, 3.8) is 0 Å². The van der Waals surface area contributed by atoms with E-state index in [1.807, 2.05) is 4.68 Å². The molecule has 0 fully saturated rings. The number of nitrogen functional groups attached to an aromatic ring is 1. The predicted molar refractivity (Wildman–Crippen MR) is 47.5 cm³/mol. The topological polar surface area (TPSA) is 68.8 Å². The first-order valence-electron chi connectivity index (χ1n) is 4.19. The molecule has 0 saturated carbocycles. The van der Waals surface area contributed by atoms with E-state index in [1.165, 1.54) is 6.33 Å². The number of rotatable bonds is 4. The molecule has 0 radical (unpaired) electrons. The van der Waals surface area contributed by atoms with E-state index in [0.717, 1.165) is 12.8 Å². The van der Waals surface area contributed by atoms with E-state index >= 15 is 0 Å². The van der Waals surface area contributed by atoms with Crippen LogP contribution in [0.5, 0.6) is 0 Å². The minimum Gasteiger partial charge on any atom is -0.293 e. The van der Waals surface area contributed by atoms with Gasteiger partial charge in [0.25, 0.3) is 0 Å². The lowest BCUT2D eigenvalue weighted by molar-refractivity contribution is 0.432. The molecule has 0 aliphatic rings. The summed E-state index contributed by atoms with van der Waals surface area (Å²) in [5.74, 6) is 5.90. The Kier molecular flexibility index (Phi) is 3.04. The van der Waals surface area contributed by atoms with Crippen LogP contribution in [0.1, 0.15) is 32.7 Å². The first kappa shape index (κ1) is 8.99. The van der Waals surface area contributed by atoms with Crippen LogP contribution in [-0.4, -0.2) is 14.8 Å². The highest BCUT2D eigenvalue weighted by Crippen LogP contribution is 2.17. The summed E-state index contributed by atoms with van der Waals surface area (Å²) in [6, 6.07) is 0.388. The average molecular weight is 169 g/mol. The lowest BCUT2D eigenvalue weighted by Crippen LogP contribution is -2.17. The van der Waals surface area contributed by atoms with E-state index in [4.69, 9.17) is 5.84 Å². The Morgan fingerprint density at radius 2 is 2.25 bits per heavy atom. The standard InChI is InChI=1S/C7H15N5/c1-3-6(4-2)12-7(11-8)9-5-10-12/h5-6H,3-4,8H2,1-2H3,(H,9,10,11). The van der Waals surface area contributed by atoms with E-state index in [0.29, 0.717) is 12.0 Å². The van der Waals surface area contributed by atoms with Crippen molar-refractivity contribution in [2.75, 3.05) is 5.43 Å². The quantitative estimate of drug-likeness (QED) is 0.519. The van der Waals surface area contributed by atoms with Crippen LogP contribution < -0.4 is 11.3 Å². The van der Waals surface area contributed by atoms with Gasteiger partial charge in [-0.15, -0.1) is 0 Å². The summed E-state index contributed by atoms with van der Waals surface area (Å²) >= 11 is 0. The van der Waals surface area contributed by atoms with Crippen molar-refractivity contribution in [2.45, 2.75) is 32.7 Å². The fraction of sp³-hybridized carbons (Fsp3) is 0.714. The van der Waals surface area contributed by atoms with Gasteiger partial charge in [-0.05, 0) is 12.8 Å². The molecule has 1 aromatic rings. The average Bonchev–Trinajstić information content (AvgIpc) is 2.55. The molecule has 0 aromatic carbocycles. The molecule has 0 atom stereocenters. The van der Waals surface area contributed by atoms with Crippen molar-refractivity contribution >= 4 is 5.95 Å². The number of hydrogen-bond donors (Lipinski definition) is 2. The van der Waals surface area contributed by atoms with Gasteiger partial charge in [-0.1, -0.05) is 13.8 Å². The summed E-state index contributed by atoms with van der Waals surface area (Å²) in [6.07, 6.45) is 3.58. The molecular formula is C7H15N5. The molecule has 0 spiro atoms. The van der Waals surface area contributed by atoms with Crippen LogP contribution in [0.25, 0.3) is 0 Å². The number of hydrogen-bond acceptors (Lipinski definition) is 4. The van der Waals surface area contributed by atoms with Gasteiger partial charge in [-0.3, -0.25) is 5.43 Å². The molecule has 5 heteroatoms. The third kappa shape index (κ3) is 1.55. The summed E-state index contributed by atoms with van der Waals surface area (Å²) in [7, 11) is 0. The van der Waals surface area contributed by atoms with Gasteiger partial charge >= 0.3 is 0 Å². The molecule has 1 aromatic heterocycles. The van der Waals surface area contributed by atoms with Crippen LogP contribution in [0.3, 0.4) is 0 Å². The third-order valence-electron chi connectivity index (χ3n) is 1.99. The van der Waals surface area contributed by atoms with E-state index in [-0.39, 0.29) is 0 Å². The summed E-state index contributed by atoms with van der Waals surface area (Å²) in [6.45, 7) is 4.24. The minimum atomic E-state index is 0.388. The second kappa shape index (κ2) is 4.06. The Labute approximate surface area is 71.9 Å². The van der Waals surface area contributed by atoms with Crippen LogP contribution in [-0.2, 0) is 0 Å². The monoisotopic (exact) mass is 169 g/mol. The molecular weight excluding hydrogens is 154 g/mol. The number of nitrogens with zero attached hydrogens (tertiary/aromatic N) is 3. The molecule has 0 bridgehead atoms. The third-order valence-corrected chi connectivity index (χ3v) is 1.99. The number of aromatic nitrogens is 3. The van der Waals surface area contributed by atoms with Gasteiger partial charge in [-0.25, -0.2) is 10.5 Å². The zero-order valence-electron chi connectivity index (χ0n) is 7.49.